The second-order valence-electron chi connectivity index (χ2n) is 6.63. The maximum Gasteiger partial charge on any atom is 0.245 e. The molecule has 0 aliphatic heterocycles. The summed E-state index contributed by atoms with van der Waals surface area (Å²) in [7, 11) is -0.743. The second-order valence-corrected chi connectivity index (χ2v) is 8.54. The van der Waals surface area contributed by atoms with Gasteiger partial charge < -0.3 is 14.8 Å². The molecule has 0 heterocycles. The molecule has 0 unspecified atom stereocenters. The Kier molecular flexibility index (Phi) is 6.90. The average molecular weight is 407 g/mol. The summed E-state index contributed by atoms with van der Waals surface area (Å²) < 4.78 is 35.9. The molecule has 0 fully saturated rings. The van der Waals surface area contributed by atoms with E-state index in [0.717, 1.165) is 16.1 Å². The van der Waals surface area contributed by atoms with Crippen molar-refractivity contribution in [2.45, 2.75) is 19.8 Å². The third kappa shape index (κ3) is 5.39. The van der Waals surface area contributed by atoms with E-state index < -0.39 is 15.9 Å². The van der Waals surface area contributed by atoms with Crippen molar-refractivity contribution >= 4 is 27.3 Å². The summed E-state index contributed by atoms with van der Waals surface area (Å²) in [5.74, 6) is 0.778. The smallest absolute Gasteiger partial charge is 0.245 e. The fourth-order valence-electron chi connectivity index (χ4n) is 2.66. The van der Waals surface area contributed by atoms with Gasteiger partial charge in [0.2, 0.25) is 15.9 Å². The van der Waals surface area contributed by atoms with Crippen molar-refractivity contribution < 1.29 is 22.7 Å². The topological polar surface area (TPSA) is 84.9 Å². The van der Waals surface area contributed by atoms with Crippen molar-refractivity contribution in [1.82, 2.24) is 0 Å². The van der Waals surface area contributed by atoms with Crippen molar-refractivity contribution in [2.75, 3.05) is 36.6 Å². The van der Waals surface area contributed by atoms with E-state index in [9.17, 15) is 13.2 Å². The molecule has 0 bridgehead atoms. The van der Waals surface area contributed by atoms with Crippen LogP contribution in [0.1, 0.15) is 25.3 Å². The number of carbonyl (C=O) groups excluding carboxylic acids is 1. The Balaban J connectivity index is 2.22. The molecule has 0 aliphatic carbocycles. The van der Waals surface area contributed by atoms with Crippen LogP contribution in [0, 0.1) is 0 Å². The number of ether oxygens (including phenoxy) is 2. The number of anilines is 2. The molecule has 28 heavy (non-hydrogen) atoms. The number of sulfonamides is 1. The lowest BCUT2D eigenvalue weighted by Gasteiger charge is -2.23. The van der Waals surface area contributed by atoms with Crippen molar-refractivity contribution in [3.8, 4) is 11.5 Å². The number of nitrogens with zero attached hydrogens (tertiary/aromatic N) is 1. The zero-order valence-electron chi connectivity index (χ0n) is 16.7. The van der Waals surface area contributed by atoms with E-state index in [1.165, 1.54) is 20.3 Å². The van der Waals surface area contributed by atoms with Gasteiger partial charge in [0.15, 0.2) is 11.5 Å². The Morgan fingerprint density at radius 1 is 1.04 bits per heavy atom. The largest absolute Gasteiger partial charge is 0.493 e. The van der Waals surface area contributed by atoms with Crippen LogP contribution in [0.4, 0.5) is 11.4 Å². The molecule has 8 heteroatoms. The molecule has 0 radical (unpaired) electrons. The van der Waals surface area contributed by atoms with Gasteiger partial charge in [-0.05, 0) is 35.7 Å². The van der Waals surface area contributed by atoms with E-state index >= 15 is 0 Å². The van der Waals surface area contributed by atoms with Crippen LogP contribution in [0.2, 0.25) is 0 Å². The van der Waals surface area contributed by atoms with Crippen LogP contribution in [-0.2, 0) is 14.8 Å². The first-order valence-corrected chi connectivity index (χ1v) is 10.6. The summed E-state index contributed by atoms with van der Waals surface area (Å²) in [5.41, 5.74) is 2.07. The van der Waals surface area contributed by atoms with Crippen LogP contribution in [0.3, 0.4) is 0 Å². The first-order valence-electron chi connectivity index (χ1n) is 8.75. The lowest BCUT2D eigenvalue weighted by atomic mass is 10.0. The molecular weight excluding hydrogens is 380 g/mol. The molecule has 2 aromatic rings. The van der Waals surface area contributed by atoms with Crippen LogP contribution < -0.4 is 19.1 Å². The van der Waals surface area contributed by atoms with Gasteiger partial charge in [-0.15, -0.1) is 0 Å². The highest BCUT2D eigenvalue weighted by molar-refractivity contribution is 7.92. The lowest BCUT2D eigenvalue weighted by molar-refractivity contribution is -0.114. The maximum atomic E-state index is 12.5. The Morgan fingerprint density at radius 2 is 1.64 bits per heavy atom. The molecule has 0 spiro atoms. The van der Waals surface area contributed by atoms with E-state index in [2.05, 4.69) is 19.2 Å². The summed E-state index contributed by atoms with van der Waals surface area (Å²) in [5, 5.41) is 2.73. The molecule has 7 nitrogen and oxygen atoms in total. The lowest BCUT2D eigenvalue weighted by Crippen LogP contribution is -2.37. The fraction of sp³-hybridized carbons (Fsp3) is 0.350. The second kappa shape index (κ2) is 8.97. The Bertz CT molecular complexity index is 924. The predicted molar refractivity (Wildman–Crippen MR) is 111 cm³/mol. The number of hydrogen-bond donors (Lipinski definition) is 1. The molecule has 0 saturated heterocycles. The van der Waals surface area contributed by atoms with Crippen LogP contribution in [-0.4, -0.2) is 41.3 Å². The number of rotatable bonds is 8. The number of hydrogen-bond acceptors (Lipinski definition) is 5. The highest BCUT2D eigenvalue weighted by Crippen LogP contribution is 2.32. The van der Waals surface area contributed by atoms with Gasteiger partial charge in [-0.2, -0.15) is 0 Å². The summed E-state index contributed by atoms with van der Waals surface area (Å²) in [6, 6.07) is 12.1. The zero-order valence-corrected chi connectivity index (χ0v) is 17.5. The van der Waals surface area contributed by atoms with Gasteiger partial charge in [0.1, 0.15) is 6.54 Å². The molecule has 1 amide bonds. The minimum atomic E-state index is -3.69. The van der Waals surface area contributed by atoms with E-state index in [1.54, 1.807) is 24.3 Å². The standard InChI is InChI=1S/C20H26N2O5S/c1-14(2)15-6-8-16(9-7-15)21-20(23)13-22(28(5,24)25)17-10-11-18(26-3)19(12-17)27-4/h6-12,14H,13H2,1-5H3,(H,21,23). The zero-order chi connectivity index (χ0) is 20.9. The SMILES string of the molecule is COc1ccc(N(CC(=O)Nc2ccc(C(C)C)cc2)S(C)(=O)=O)cc1OC. The minimum Gasteiger partial charge on any atom is -0.493 e. The van der Waals surface area contributed by atoms with Gasteiger partial charge in [-0.3, -0.25) is 9.10 Å². The molecule has 0 aliphatic rings. The van der Waals surface area contributed by atoms with Gasteiger partial charge in [0.05, 0.1) is 26.2 Å². The van der Waals surface area contributed by atoms with Crippen molar-refractivity contribution in [3.05, 3.63) is 48.0 Å². The van der Waals surface area contributed by atoms with Crippen LogP contribution in [0.5, 0.6) is 11.5 Å². The van der Waals surface area contributed by atoms with Crippen molar-refractivity contribution in [2.24, 2.45) is 0 Å². The van der Waals surface area contributed by atoms with Gasteiger partial charge in [-0.1, -0.05) is 26.0 Å². The predicted octanol–water partition coefficient (Wildman–Crippen LogP) is 3.23. The molecule has 1 N–H and O–H groups in total. The third-order valence-corrected chi connectivity index (χ3v) is 5.34. The highest BCUT2D eigenvalue weighted by atomic mass is 32.2. The number of methoxy groups -OCH3 is 2. The summed E-state index contributed by atoms with van der Waals surface area (Å²) in [4.78, 5) is 12.5. The number of amides is 1. The van der Waals surface area contributed by atoms with Crippen LogP contribution in [0.15, 0.2) is 42.5 Å². The first kappa shape index (κ1) is 21.6. The molecule has 0 atom stereocenters. The van der Waals surface area contributed by atoms with E-state index in [-0.39, 0.29) is 6.54 Å². The molecule has 152 valence electrons. The molecular formula is C20H26N2O5S. The Hall–Kier alpha value is -2.74. The number of nitrogens with one attached hydrogen (secondary N) is 1. The first-order chi connectivity index (χ1) is 13.2. The maximum absolute atomic E-state index is 12.5. The summed E-state index contributed by atoms with van der Waals surface area (Å²) >= 11 is 0. The highest BCUT2D eigenvalue weighted by Gasteiger charge is 2.22. The normalized spacial score (nSPS) is 11.2. The Labute approximate surface area is 166 Å². The number of carbonyl (C=O) groups is 1. The molecule has 0 aromatic heterocycles. The summed E-state index contributed by atoms with van der Waals surface area (Å²) in [6.45, 7) is 3.81. The van der Waals surface area contributed by atoms with E-state index in [0.29, 0.717) is 28.8 Å². The van der Waals surface area contributed by atoms with Crippen molar-refractivity contribution in [1.29, 1.82) is 0 Å². The molecule has 0 saturated carbocycles. The molecule has 2 aromatic carbocycles. The summed E-state index contributed by atoms with van der Waals surface area (Å²) in [6.07, 6.45) is 1.05. The van der Waals surface area contributed by atoms with E-state index in [1.807, 2.05) is 12.1 Å². The van der Waals surface area contributed by atoms with Crippen LogP contribution in [0.25, 0.3) is 0 Å². The van der Waals surface area contributed by atoms with Gasteiger partial charge in [0, 0.05) is 11.8 Å². The van der Waals surface area contributed by atoms with Gasteiger partial charge >= 0.3 is 0 Å². The fourth-order valence-corrected chi connectivity index (χ4v) is 3.51. The minimum absolute atomic E-state index is 0.311. The van der Waals surface area contributed by atoms with Gasteiger partial charge in [0.25, 0.3) is 0 Å². The van der Waals surface area contributed by atoms with Gasteiger partial charge in [-0.25, -0.2) is 8.42 Å². The van der Waals surface area contributed by atoms with Crippen LogP contribution >= 0.6 is 0 Å². The Morgan fingerprint density at radius 3 is 2.14 bits per heavy atom. The third-order valence-electron chi connectivity index (χ3n) is 4.20. The quantitative estimate of drug-likeness (QED) is 0.727. The number of benzene rings is 2. The molecule has 2 rings (SSSR count). The average Bonchev–Trinajstić information content (AvgIpc) is 2.65. The monoisotopic (exact) mass is 406 g/mol. The van der Waals surface area contributed by atoms with Crippen molar-refractivity contribution in [3.63, 3.8) is 0 Å². The van der Waals surface area contributed by atoms with E-state index in [4.69, 9.17) is 9.47 Å².